The van der Waals surface area contributed by atoms with Crippen LogP contribution in [0.4, 0.5) is 0 Å². The molecule has 0 aromatic rings. The maximum atomic E-state index is 11.7. The number of nitrogens with zero attached hydrogens (tertiary/aromatic N) is 1. The van der Waals surface area contributed by atoms with Crippen LogP contribution in [0, 0.1) is 5.92 Å². The molecule has 1 atom stereocenters. The van der Waals surface area contributed by atoms with Gasteiger partial charge in [0, 0.05) is 13.1 Å². The van der Waals surface area contributed by atoms with E-state index in [0.717, 1.165) is 0 Å². The molecular weight excluding hydrogens is 218 g/mol. The van der Waals surface area contributed by atoms with Crippen molar-refractivity contribution in [1.82, 2.24) is 10.2 Å². The van der Waals surface area contributed by atoms with Crippen molar-refractivity contribution in [1.29, 1.82) is 0 Å². The van der Waals surface area contributed by atoms with Crippen molar-refractivity contribution < 1.29 is 9.59 Å². The highest BCUT2D eigenvalue weighted by Crippen LogP contribution is 2.04. The number of hydrogen-bond acceptors (Lipinski definition) is 3. The van der Waals surface area contributed by atoms with Gasteiger partial charge in [-0.25, -0.2) is 0 Å². The Morgan fingerprint density at radius 1 is 1.53 bits per heavy atom. The van der Waals surface area contributed by atoms with Gasteiger partial charge in [-0.05, 0) is 5.92 Å². The Labute approximate surface area is 95.8 Å². The van der Waals surface area contributed by atoms with Crippen LogP contribution in [0.5, 0.6) is 0 Å². The molecule has 1 saturated heterocycles. The number of piperazine rings is 1. The van der Waals surface area contributed by atoms with Gasteiger partial charge in [-0.2, -0.15) is 0 Å². The van der Waals surface area contributed by atoms with Gasteiger partial charge in [0.15, 0.2) is 0 Å². The van der Waals surface area contributed by atoms with Gasteiger partial charge in [0.1, 0.15) is 0 Å². The molecule has 15 heavy (non-hydrogen) atoms. The number of carbonyl (C=O) groups is 2. The van der Waals surface area contributed by atoms with Gasteiger partial charge in [0.25, 0.3) is 0 Å². The van der Waals surface area contributed by atoms with Crippen LogP contribution < -0.4 is 11.1 Å². The number of nitrogens with one attached hydrogen (secondary N) is 1. The zero-order valence-corrected chi connectivity index (χ0v) is 9.84. The summed E-state index contributed by atoms with van der Waals surface area (Å²) in [5.41, 5.74) is 5.71. The van der Waals surface area contributed by atoms with E-state index in [2.05, 4.69) is 5.32 Å². The molecule has 1 aliphatic rings. The predicted octanol–water partition coefficient (Wildman–Crippen LogP) is -0.650. The molecule has 1 unspecified atom stereocenters. The van der Waals surface area contributed by atoms with Crippen molar-refractivity contribution in [2.45, 2.75) is 19.9 Å². The SMILES string of the molecule is CC(C)C(N)C(=O)N1CCNC(=O)C1.Cl. The summed E-state index contributed by atoms with van der Waals surface area (Å²) in [6, 6.07) is -0.499. The second kappa shape index (κ2) is 5.92. The third kappa shape index (κ3) is 3.68. The minimum Gasteiger partial charge on any atom is -0.353 e. The molecule has 1 aliphatic heterocycles. The van der Waals surface area contributed by atoms with Crippen LogP contribution in [0.25, 0.3) is 0 Å². The van der Waals surface area contributed by atoms with Gasteiger partial charge in [0.05, 0.1) is 12.6 Å². The molecule has 2 amide bonds. The van der Waals surface area contributed by atoms with Crippen molar-refractivity contribution in [2.75, 3.05) is 19.6 Å². The van der Waals surface area contributed by atoms with Gasteiger partial charge in [0.2, 0.25) is 11.8 Å². The first-order chi connectivity index (χ1) is 6.52. The molecule has 0 spiro atoms. The third-order valence-electron chi connectivity index (χ3n) is 2.35. The van der Waals surface area contributed by atoms with E-state index in [1.807, 2.05) is 13.8 Å². The Morgan fingerprint density at radius 2 is 2.13 bits per heavy atom. The van der Waals surface area contributed by atoms with Crippen molar-refractivity contribution in [3.05, 3.63) is 0 Å². The van der Waals surface area contributed by atoms with Gasteiger partial charge in [-0.3, -0.25) is 9.59 Å². The lowest BCUT2D eigenvalue weighted by molar-refractivity contribution is -0.139. The highest BCUT2D eigenvalue weighted by atomic mass is 35.5. The smallest absolute Gasteiger partial charge is 0.240 e. The van der Waals surface area contributed by atoms with E-state index in [4.69, 9.17) is 5.73 Å². The molecule has 0 radical (unpaired) electrons. The topological polar surface area (TPSA) is 75.4 Å². The lowest BCUT2D eigenvalue weighted by atomic mass is 10.0. The van der Waals surface area contributed by atoms with Crippen molar-refractivity contribution in [2.24, 2.45) is 11.7 Å². The van der Waals surface area contributed by atoms with Crippen molar-refractivity contribution in [3.63, 3.8) is 0 Å². The summed E-state index contributed by atoms with van der Waals surface area (Å²) < 4.78 is 0. The molecule has 88 valence electrons. The summed E-state index contributed by atoms with van der Waals surface area (Å²) in [5, 5.41) is 2.66. The zero-order chi connectivity index (χ0) is 10.7. The van der Waals surface area contributed by atoms with Crippen LogP contribution in [-0.2, 0) is 9.59 Å². The Morgan fingerprint density at radius 3 is 2.60 bits per heavy atom. The van der Waals surface area contributed by atoms with Gasteiger partial charge in [-0.1, -0.05) is 13.8 Å². The maximum Gasteiger partial charge on any atom is 0.240 e. The lowest BCUT2D eigenvalue weighted by Crippen LogP contribution is -2.55. The van der Waals surface area contributed by atoms with Crippen LogP contribution in [0.3, 0.4) is 0 Å². The monoisotopic (exact) mass is 235 g/mol. The molecule has 5 nitrogen and oxygen atoms in total. The highest BCUT2D eigenvalue weighted by Gasteiger charge is 2.26. The van der Waals surface area contributed by atoms with Crippen LogP contribution in [0.2, 0.25) is 0 Å². The van der Waals surface area contributed by atoms with Gasteiger partial charge in [-0.15, -0.1) is 12.4 Å². The van der Waals surface area contributed by atoms with Crippen LogP contribution >= 0.6 is 12.4 Å². The molecule has 6 heteroatoms. The first kappa shape index (κ1) is 14.2. The standard InChI is InChI=1S/C9H17N3O2.ClH/c1-6(2)8(10)9(14)12-4-3-11-7(13)5-12;/h6,8H,3-5,10H2,1-2H3,(H,11,13);1H. The zero-order valence-electron chi connectivity index (χ0n) is 9.03. The minimum absolute atomic E-state index is 0. The summed E-state index contributed by atoms with van der Waals surface area (Å²) in [6.45, 7) is 5.01. The number of amides is 2. The number of hydrogen-bond donors (Lipinski definition) is 2. The molecule has 0 aromatic carbocycles. The summed E-state index contributed by atoms with van der Waals surface area (Å²) >= 11 is 0. The molecule has 0 aromatic heterocycles. The molecular formula is C9H18ClN3O2. The second-order valence-corrected chi connectivity index (χ2v) is 3.88. The van der Waals surface area contributed by atoms with Gasteiger partial charge >= 0.3 is 0 Å². The molecule has 0 aliphatic carbocycles. The van der Waals surface area contributed by atoms with E-state index in [0.29, 0.717) is 13.1 Å². The number of carbonyl (C=O) groups excluding carboxylic acids is 2. The average Bonchev–Trinajstić information content (AvgIpc) is 2.15. The van der Waals surface area contributed by atoms with Crippen LogP contribution in [-0.4, -0.2) is 42.4 Å². The first-order valence-corrected chi connectivity index (χ1v) is 4.83. The average molecular weight is 236 g/mol. The van der Waals surface area contributed by atoms with E-state index in [9.17, 15) is 9.59 Å². The largest absolute Gasteiger partial charge is 0.353 e. The number of halogens is 1. The fourth-order valence-electron chi connectivity index (χ4n) is 1.32. The Hall–Kier alpha value is -0.810. The fourth-order valence-corrected chi connectivity index (χ4v) is 1.32. The Bertz CT molecular complexity index is 246. The van der Waals surface area contributed by atoms with E-state index in [1.165, 1.54) is 4.90 Å². The predicted molar refractivity (Wildman–Crippen MR) is 59.7 cm³/mol. The van der Waals surface area contributed by atoms with E-state index in [1.54, 1.807) is 0 Å². The molecule has 0 saturated carbocycles. The fraction of sp³-hybridized carbons (Fsp3) is 0.778. The maximum absolute atomic E-state index is 11.7. The highest BCUT2D eigenvalue weighted by molar-refractivity contribution is 5.88. The molecule has 1 fully saturated rings. The van der Waals surface area contributed by atoms with Crippen LogP contribution in [0.15, 0.2) is 0 Å². The van der Waals surface area contributed by atoms with E-state index < -0.39 is 6.04 Å². The molecule has 3 N–H and O–H groups in total. The third-order valence-corrected chi connectivity index (χ3v) is 2.35. The Kier molecular flexibility index (Phi) is 5.60. The summed E-state index contributed by atoms with van der Waals surface area (Å²) in [5.74, 6) is -0.136. The number of rotatable bonds is 2. The summed E-state index contributed by atoms with van der Waals surface area (Å²) in [7, 11) is 0. The minimum atomic E-state index is -0.499. The van der Waals surface area contributed by atoms with Crippen molar-refractivity contribution in [3.8, 4) is 0 Å². The molecule has 1 heterocycles. The number of nitrogens with two attached hydrogens (primary N) is 1. The quantitative estimate of drug-likeness (QED) is 0.668. The summed E-state index contributed by atoms with van der Waals surface area (Å²) in [4.78, 5) is 24.2. The normalized spacial score (nSPS) is 18.1. The molecule has 1 rings (SSSR count). The van der Waals surface area contributed by atoms with Gasteiger partial charge < -0.3 is 16.0 Å². The summed E-state index contributed by atoms with van der Waals surface area (Å²) in [6.07, 6.45) is 0. The van der Waals surface area contributed by atoms with Crippen molar-refractivity contribution >= 4 is 24.2 Å². The Balaban J connectivity index is 0.00000196. The van der Waals surface area contributed by atoms with E-state index in [-0.39, 0.29) is 36.7 Å². The lowest BCUT2D eigenvalue weighted by Gasteiger charge is -2.30. The second-order valence-electron chi connectivity index (χ2n) is 3.88. The van der Waals surface area contributed by atoms with E-state index >= 15 is 0 Å². The first-order valence-electron chi connectivity index (χ1n) is 4.83. The molecule has 0 bridgehead atoms. The van der Waals surface area contributed by atoms with Crippen LogP contribution in [0.1, 0.15) is 13.8 Å².